The van der Waals surface area contributed by atoms with Crippen LogP contribution in [0.4, 0.5) is 0 Å². The number of hydrogen-bond donors (Lipinski definition) is 0. The second-order valence-electron chi connectivity index (χ2n) is 4.41. The molecule has 1 fully saturated rings. The van der Waals surface area contributed by atoms with Gasteiger partial charge in [-0.2, -0.15) is 0 Å². The SMILES string of the molecule is CC(C)C(C)(C)N1CCOCC1. The van der Waals surface area contributed by atoms with Gasteiger partial charge in [-0.25, -0.2) is 0 Å². The molecule has 0 saturated carbocycles. The number of rotatable bonds is 2. The Balaban J connectivity index is 2.53. The van der Waals surface area contributed by atoms with Crippen LogP contribution < -0.4 is 0 Å². The Hall–Kier alpha value is -0.0800. The normalized spacial score (nSPS) is 21.8. The van der Waals surface area contributed by atoms with Crippen molar-refractivity contribution in [3.8, 4) is 0 Å². The Morgan fingerprint density at radius 3 is 2.08 bits per heavy atom. The van der Waals surface area contributed by atoms with Crippen LogP contribution in [0.25, 0.3) is 0 Å². The number of nitrogens with zero attached hydrogens (tertiary/aromatic N) is 1. The van der Waals surface area contributed by atoms with Gasteiger partial charge in [0.15, 0.2) is 0 Å². The summed E-state index contributed by atoms with van der Waals surface area (Å²) in [6, 6.07) is 0. The summed E-state index contributed by atoms with van der Waals surface area (Å²) in [7, 11) is 0. The Bertz CT molecular complexity index is 137. The lowest BCUT2D eigenvalue weighted by Crippen LogP contribution is -2.52. The summed E-state index contributed by atoms with van der Waals surface area (Å²) in [5.74, 6) is 0.704. The van der Waals surface area contributed by atoms with Crippen molar-refractivity contribution in [3.63, 3.8) is 0 Å². The van der Waals surface area contributed by atoms with Gasteiger partial charge < -0.3 is 4.74 Å². The van der Waals surface area contributed by atoms with E-state index in [-0.39, 0.29) is 0 Å². The zero-order chi connectivity index (χ0) is 9.19. The summed E-state index contributed by atoms with van der Waals surface area (Å²) >= 11 is 0. The fraction of sp³-hybridized carbons (Fsp3) is 1.00. The number of ether oxygens (including phenoxy) is 1. The highest BCUT2D eigenvalue weighted by atomic mass is 16.5. The first-order valence-electron chi connectivity index (χ1n) is 4.88. The minimum atomic E-state index is 0.323. The van der Waals surface area contributed by atoms with Crippen LogP contribution in [0.15, 0.2) is 0 Å². The third-order valence-corrected chi connectivity index (χ3v) is 3.24. The van der Waals surface area contributed by atoms with Crippen LogP contribution in [0.1, 0.15) is 27.7 Å². The largest absolute Gasteiger partial charge is 0.379 e. The fourth-order valence-electron chi connectivity index (χ4n) is 1.50. The van der Waals surface area contributed by atoms with Crippen LogP contribution in [-0.4, -0.2) is 36.7 Å². The first-order chi connectivity index (χ1) is 5.55. The van der Waals surface area contributed by atoms with Gasteiger partial charge in [0.25, 0.3) is 0 Å². The van der Waals surface area contributed by atoms with Crippen molar-refractivity contribution in [1.29, 1.82) is 0 Å². The van der Waals surface area contributed by atoms with Gasteiger partial charge in [-0.05, 0) is 19.8 Å². The molecule has 0 aliphatic carbocycles. The molecule has 12 heavy (non-hydrogen) atoms. The van der Waals surface area contributed by atoms with Gasteiger partial charge in [-0.15, -0.1) is 0 Å². The molecule has 0 aromatic heterocycles. The molecular weight excluding hydrogens is 150 g/mol. The quantitative estimate of drug-likeness (QED) is 0.627. The molecule has 2 heteroatoms. The van der Waals surface area contributed by atoms with Gasteiger partial charge >= 0.3 is 0 Å². The second-order valence-corrected chi connectivity index (χ2v) is 4.41. The van der Waals surface area contributed by atoms with Crippen LogP contribution in [-0.2, 0) is 4.74 Å². The summed E-state index contributed by atoms with van der Waals surface area (Å²) in [5.41, 5.74) is 0.323. The Morgan fingerprint density at radius 2 is 1.67 bits per heavy atom. The molecule has 0 spiro atoms. The lowest BCUT2D eigenvalue weighted by atomic mass is 9.88. The minimum Gasteiger partial charge on any atom is -0.379 e. The highest BCUT2D eigenvalue weighted by molar-refractivity contribution is 4.85. The molecule has 1 heterocycles. The zero-order valence-corrected chi connectivity index (χ0v) is 8.76. The lowest BCUT2D eigenvalue weighted by Gasteiger charge is -2.43. The predicted octanol–water partition coefficient (Wildman–Crippen LogP) is 1.75. The van der Waals surface area contributed by atoms with E-state index in [0.717, 1.165) is 26.3 Å². The van der Waals surface area contributed by atoms with Gasteiger partial charge in [0, 0.05) is 18.6 Å². The van der Waals surface area contributed by atoms with Crippen molar-refractivity contribution in [2.75, 3.05) is 26.3 Å². The van der Waals surface area contributed by atoms with Gasteiger partial charge in [-0.3, -0.25) is 4.90 Å². The lowest BCUT2D eigenvalue weighted by molar-refractivity contribution is -0.0260. The maximum absolute atomic E-state index is 5.33. The first-order valence-corrected chi connectivity index (χ1v) is 4.88. The maximum Gasteiger partial charge on any atom is 0.0594 e. The molecule has 2 nitrogen and oxygen atoms in total. The molecule has 1 saturated heterocycles. The summed E-state index contributed by atoms with van der Waals surface area (Å²) in [6.07, 6.45) is 0. The molecule has 0 atom stereocenters. The molecule has 0 amide bonds. The zero-order valence-electron chi connectivity index (χ0n) is 8.76. The van der Waals surface area contributed by atoms with Crippen molar-refractivity contribution >= 4 is 0 Å². The van der Waals surface area contributed by atoms with E-state index in [1.807, 2.05) is 0 Å². The van der Waals surface area contributed by atoms with Crippen LogP contribution in [0, 0.1) is 5.92 Å². The molecule has 1 aliphatic rings. The van der Waals surface area contributed by atoms with E-state index in [0.29, 0.717) is 11.5 Å². The Labute approximate surface area is 75.9 Å². The predicted molar refractivity (Wildman–Crippen MR) is 51.3 cm³/mol. The Morgan fingerprint density at radius 1 is 1.17 bits per heavy atom. The maximum atomic E-state index is 5.33. The summed E-state index contributed by atoms with van der Waals surface area (Å²) < 4.78 is 5.33. The molecule has 0 aromatic rings. The Kier molecular flexibility index (Phi) is 3.13. The van der Waals surface area contributed by atoms with Gasteiger partial charge in [0.1, 0.15) is 0 Å². The van der Waals surface area contributed by atoms with Crippen molar-refractivity contribution in [3.05, 3.63) is 0 Å². The molecule has 0 radical (unpaired) electrons. The third-order valence-electron chi connectivity index (χ3n) is 3.24. The summed E-state index contributed by atoms with van der Waals surface area (Å²) in [5, 5.41) is 0. The molecule has 0 aromatic carbocycles. The molecule has 72 valence electrons. The van der Waals surface area contributed by atoms with E-state index in [1.54, 1.807) is 0 Å². The average Bonchev–Trinajstić information content (AvgIpc) is 2.06. The second kappa shape index (κ2) is 3.75. The number of morpholine rings is 1. The fourth-order valence-corrected chi connectivity index (χ4v) is 1.50. The smallest absolute Gasteiger partial charge is 0.0594 e. The summed E-state index contributed by atoms with van der Waals surface area (Å²) in [4.78, 5) is 2.53. The molecule has 0 N–H and O–H groups in total. The third kappa shape index (κ3) is 1.99. The molecule has 1 rings (SSSR count). The van der Waals surface area contributed by atoms with Crippen LogP contribution >= 0.6 is 0 Å². The van der Waals surface area contributed by atoms with Crippen LogP contribution in [0.5, 0.6) is 0 Å². The minimum absolute atomic E-state index is 0.323. The van der Waals surface area contributed by atoms with E-state index in [9.17, 15) is 0 Å². The van der Waals surface area contributed by atoms with E-state index < -0.39 is 0 Å². The highest BCUT2D eigenvalue weighted by Gasteiger charge is 2.30. The first kappa shape index (κ1) is 10.0. The van der Waals surface area contributed by atoms with Crippen LogP contribution in [0.3, 0.4) is 0 Å². The molecule has 0 bridgehead atoms. The van der Waals surface area contributed by atoms with E-state index >= 15 is 0 Å². The topological polar surface area (TPSA) is 12.5 Å². The van der Waals surface area contributed by atoms with E-state index in [1.165, 1.54) is 0 Å². The number of hydrogen-bond acceptors (Lipinski definition) is 2. The van der Waals surface area contributed by atoms with Crippen molar-refractivity contribution < 1.29 is 4.74 Å². The molecule has 0 unspecified atom stereocenters. The molecule has 1 aliphatic heterocycles. The summed E-state index contributed by atoms with van der Waals surface area (Å²) in [6.45, 7) is 13.2. The van der Waals surface area contributed by atoms with Gasteiger partial charge in [-0.1, -0.05) is 13.8 Å². The van der Waals surface area contributed by atoms with Crippen LogP contribution in [0.2, 0.25) is 0 Å². The molecular formula is C10H21NO. The average molecular weight is 171 g/mol. The van der Waals surface area contributed by atoms with Crippen molar-refractivity contribution in [2.24, 2.45) is 5.92 Å². The monoisotopic (exact) mass is 171 g/mol. The van der Waals surface area contributed by atoms with E-state index in [2.05, 4.69) is 32.6 Å². The van der Waals surface area contributed by atoms with Crippen molar-refractivity contribution in [1.82, 2.24) is 4.90 Å². The van der Waals surface area contributed by atoms with Gasteiger partial charge in [0.05, 0.1) is 13.2 Å². The van der Waals surface area contributed by atoms with E-state index in [4.69, 9.17) is 4.74 Å². The van der Waals surface area contributed by atoms with Gasteiger partial charge in [0.2, 0.25) is 0 Å². The van der Waals surface area contributed by atoms with Crippen molar-refractivity contribution in [2.45, 2.75) is 33.2 Å². The highest BCUT2D eigenvalue weighted by Crippen LogP contribution is 2.24. The standard InChI is InChI=1S/C10H21NO/c1-9(2)10(3,4)11-5-7-12-8-6-11/h9H,5-8H2,1-4H3.